The first kappa shape index (κ1) is 20.9. The highest BCUT2D eigenvalue weighted by Crippen LogP contribution is 2.44. The van der Waals surface area contributed by atoms with Crippen LogP contribution in [0.2, 0.25) is 0 Å². The molecule has 2 aliphatic rings. The topological polar surface area (TPSA) is 26.4 Å². The third kappa shape index (κ3) is 3.03. The van der Waals surface area contributed by atoms with Crippen LogP contribution in [0.15, 0.2) is 53.7 Å². The van der Waals surface area contributed by atoms with E-state index in [0.29, 0.717) is 0 Å². The molecule has 4 nitrogen and oxygen atoms in total. The molecule has 0 atom stereocenters. The van der Waals surface area contributed by atoms with Gasteiger partial charge in [0.05, 0.1) is 5.57 Å². The van der Waals surface area contributed by atoms with E-state index in [4.69, 9.17) is 9.31 Å². The molecular weight excluding hydrogens is 371 g/mol. The molecule has 0 radical (unpaired) electrons. The summed E-state index contributed by atoms with van der Waals surface area (Å²) in [6, 6.07) is 12.9. The number of rotatable bonds is 5. The van der Waals surface area contributed by atoms with Crippen LogP contribution in [0.5, 0.6) is 0 Å². The molecule has 1 aromatic heterocycles. The van der Waals surface area contributed by atoms with Crippen LogP contribution in [0.25, 0.3) is 5.57 Å². The largest absolute Gasteiger partial charge is 0.666 e. The van der Waals surface area contributed by atoms with Crippen molar-refractivity contribution in [3.8, 4) is 0 Å². The van der Waals surface area contributed by atoms with E-state index in [1.807, 2.05) is 0 Å². The molecule has 0 saturated carbocycles. The second kappa shape index (κ2) is 7.40. The lowest BCUT2D eigenvalue weighted by molar-refractivity contribution is -0.390. The van der Waals surface area contributed by atoms with E-state index in [9.17, 15) is 0 Å². The molecule has 0 saturated heterocycles. The Bertz CT molecular complexity index is 1080. The minimum Gasteiger partial charge on any atom is -0.481 e. The summed E-state index contributed by atoms with van der Waals surface area (Å²) in [5.41, 5.74) is 9.60. The average Bonchev–Trinajstić information content (AvgIpc) is 3.12. The number of hydrogen-bond acceptors (Lipinski definition) is 2. The fourth-order valence-corrected chi connectivity index (χ4v) is 5.20. The SMILES string of the molecule is CC1=CC(C)=[N+]2C1=C(c1ccccc1)c1c(C)cc(C)n1[B-]2(OC(C)C)OC(C)C. The first-order valence-electron chi connectivity index (χ1n) is 11.0. The maximum atomic E-state index is 6.77. The van der Waals surface area contributed by atoms with Gasteiger partial charge in [-0.15, -0.1) is 0 Å². The van der Waals surface area contributed by atoms with Gasteiger partial charge in [-0.25, -0.2) is 0 Å². The molecule has 158 valence electrons. The molecule has 0 amide bonds. The Morgan fingerprint density at radius 1 is 0.900 bits per heavy atom. The summed E-state index contributed by atoms with van der Waals surface area (Å²) in [4.78, 5) is 0. The highest BCUT2D eigenvalue weighted by molar-refractivity contribution is 6.60. The van der Waals surface area contributed by atoms with Crippen LogP contribution >= 0.6 is 0 Å². The standard InChI is InChI=1S/C25H33BN2O2/c1-16(2)29-26(30-17(3)4)27-20(7)14-18(5)24(27)23(22-12-10-9-11-13-22)25-19(6)15-21(8)28(25)26/h9-17H,1-8H3. The fourth-order valence-electron chi connectivity index (χ4n) is 5.20. The monoisotopic (exact) mass is 404 g/mol. The minimum absolute atomic E-state index is 0.00642. The average molecular weight is 404 g/mol. The Morgan fingerprint density at radius 2 is 1.50 bits per heavy atom. The number of benzene rings is 1. The minimum atomic E-state index is -1.96. The Balaban J connectivity index is 2.17. The van der Waals surface area contributed by atoms with Gasteiger partial charge in [-0.2, -0.15) is 0 Å². The zero-order chi connectivity index (χ0) is 21.8. The van der Waals surface area contributed by atoms with Gasteiger partial charge in [0.25, 0.3) is 0 Å². The van der Waals surface area contributed by atoms with Gasteiger partial charge in [0.1, 0.15) is 5.71 Å². The van der Waals surface area contributed by atoms with E-state index >= 15 is 0 Å². The van der Waals surface area contributed by atoms with Crippen molar-refractivity contribution in [2.45, 2.75) is 67.6 Å². The van der Waals surface area contributed by atoms with Gasteiger partial charge in [0.2, 0.25) is 0 Å². The van der Waals surface area contributed by atoms with Crippen molar-refractivity contribution >= 4 is 18.1 Å². The lowest BCUT2D eigenvalue weighted by Gasteiger charge is -2.45. The van der Waals surface area contributed by atoms with E-state index in [0.717, 1.165) is 11.4 Å². The van der Waals surface area contributed by atoms with Crippen molar-refractivity contribution in [1.29, 1.82) is 0 Å². The summed E-state index contributed by atoms with van der Waals surface area (Å²) >= 11 is 0. The Morgan fingerprint density at radius 3 is 2.07 bits per heavy atom. The Labute approximate surface area is 180 Å². The zero-order valence-electron chi connectivity index (χ0n) is 19.5. The smallest absolute Gasteiger partial charge is 0.481 e. The van der Waals surface area contributed by atoms with Gasteiger partial charge in [0, 0.05) is 36.5 Å². The van der Waals surface area contributed by atoms with Crippen LogP contribution in [0.1, 0.15) is 64.1 Å². The third-order valence-electron chi connectivity index (χ3n) is 5.93. The molecule has 0 aliphatic carbocycles. The van der Waals surface area contributed by atoms with Gasteiger partial charge in [-0.3, -0.25) is 0 Å². The molecular formula is C25H33BN2O2. The highest BCUT2D eigenvalue weighted by atomic mass is 16.6. The van der Waals surface area contributed by atoms with Gasteiger partial charge < -0.3 is 18.3 Å². The van der Waals surface area contributed by atoms with Gasteiger partial charge in [-0.1, -0.05) is 30.3 Å². The molecule has 2 aromatic rings. The van der Waals surface area contributed by atoms with Crippen molar-refractivity contribution in [2.24, 2.45) is 0 Å². The maximum absolute atomic E-state index is 6.77. The highest BCUT2D eigenvalue weighted by Gasteiger charge is 2.57. The summed E-state index contributed by atoms with van der Waals surface area (Å²) in [5.74, 6) is 0. The van der Waals surface area contributed by atoms with Crippen LogP contribution in [0, 0.1) is 13.8 Å². The van der Waals surface area contributed by atoms with Crippen molar-refractivity contribution in [3.05, 3.63) is 76.3 Å². The third-order valence-corrected chi connectivity index (χ3v) is 5.93. The predicted octanol–water partition coefficient (Wildman–Crippen LogP) is 5.44. The van der Waals surface area contributed by atoms with Crippen molar-refractivity contribution in [3.63, 3.8) is 0 Å². The number of aromatic nitrogens is 1. The van der Waals surface area contributed by atoms with Crippen molar-refractivity contribution < 1.29 is 13.8 Å². The lowest BCUT2D eigenvalue weighted by atomic mass is 9.77. The van der Waals surface area contributed by atoms with E-state index in [2.05, 4.69) is 107 Å². The molecule has 4 rings (SSSR count). The molecule has 1 aromatic carbocycles. The molecule has 0 N–H and O–H groups in total. The van der Waals surface area contributed by atoms with E-state index < -0.39 is 6.82 Å². The number of nitrogens with zero attached hydrogens (tertiary/aromatic N) is 2. The zero-order valence-corrected chi connectivity index (χ0v) is 19.5. The number of aryl methyl sites for hydroxylation is 2. The summed E-state index contributed by atoms with van der Waals surface area (Å²) in [6.45, 7) is 15.1. The first-order chi connectivity index (χ1) is 14.2. The molecule has 5 heteroatoms. The van der Waals surface area contributed by atoms with Crippen molar-refractivity contribution in [1.82, 2.24) is 4.48 Å². The van der Waals surface area contributed by atoms with Crippen LogP contribution < -0.4 is 0 Å². The quantitative estimate of drug-likeness (QED) is 0.620. The normalized spacial score (nSPS) is 17.7. The Hall–Kier alpha value is -2.37. The summed E-state index contributed by atoms with van der Waals surface area (Å²) < 4.78 is 18.2. The molecule has 2 aliphatic heterocycles. The fraction of sp³-hybridized carbons (Fsp3) is 0.400. The van der Waals surface area contributed by atoms with Crippen LogP contribution in [-0.2, 0) is 9.31 Å². The van der Waals surface area contributed by atoms with Gasteiger partial charge >= 0.3 is 6.82 Å². The van der Waals surface area contributed by atoms with E-state index in [1.165, 1.54) is 33.7 Å². The molecule has 0 fully saturated rings. The number of hydrogen-bond donors (Lipinski definition) is 0. The molecule has 0 bridgehead atoms. The lowest BCUT2D eigenvalue weighted by Crippen LogP contribution is -2.64. The summed E-state index contributed by atoms with van der Waals surface area (Å²) in [7, 11) is 0. The molecule has 30 heavy (non-hydrogen) atoms. The van der Waals surface area contributed by atoms with Crippen LogP contribution in [0.4, 0.5) is 0 Å². The van der Waals surface area contributed by atoms with Gasteiger partial charge in [0.15, 0.2) is 5.70 Å². The first-order valence-corrected chi connectivity index (χ1v) is 11.0. The predicted molar refractivity (Wildman–Crippen MR) is 125 cm³/mol. The van der Waals surface area contributed by atoms with Crippen LogP contribution in [0.3, 0.4) is 0 Å². The maximum Gasteiger partial charge on any atom is 0.666 e. The molecule has 0 spiro atoms. The molecule has 3 heterocycles. The Kier molecular flexibility index (Phi) is 5.15. The summed E-state index contributed by atoms with van der Waals surface area (Å²) in [6.07, 6.45) is 2.26. The van der Waals surface area contributed by atoms with E-state index in [1.54, 1.807) is 0 Å². The van der Waals surface area contributed by atoms with Gasteiger partial charge in [-0.05, 0) is 71.4 Å². The van der Waals surface area contributed by atoms with E-state index in [-0.39, 0.29) is 12.2 Å². The second-order valence-electron chi connectivity index (χ2n) is 9.12. The number of fused-ring (bicyclic) bond motifs is 2. The second-order valence-corrected chi connectivity index (χ2v) is 9.12. The summed E-state index contributed by atoms with van der Waals surface area (Å²) in [5, 5.41) is 0. The van der Waals surface area contributed by atoms with Crippen LogP contribution in [-0.4, -0.2) is 33.7 Å². The number of allylic oxidation sites excluding steroid dienone is 2. The molecule has 0 unspecified atom stereocenters. The van der Waals surface area contributed by atoms with Crippen molar-refractivity contribution in [2.75, 3.05) is 0 Å².